The van der Waals surface area contributed by atoms with E-state index >= 15 is 0 Å². The molecule has 0 spiro atoms. The number of allylic oxidation sites excluding steroid dienone is 2. The number of hydrogen-bond donors (Lipinski definition) is 0. The summed E-state index contributed by atoms with van der Waals surface area (Å²) in [6.45, 7) is 6.72. The van der Waals surface area contributed by atoms with Crippen LogP contribution in [0.1, 0.15) is 432 Å². The zero-order valence-corrected chi connectivity index (χ0v) is 55.4. The summed E-state index contributed by atoms with van der Waals surface area (Å²) in [6, 6.07) is 0. The van der Waals surface area contributed by atoms with Crippen molar-refractivity contribution < 1.29 is 28.6 Å². The first kappa shape index (κ1) is 79.2. The van der Waals surface area contributed by atoms with Gasteiger partial charge >= 0.3 is 17.9 Å². The highest BCUT2D eigenvalue weighted by Crippen LogP contribution is 2.19. The molecule has 81 heavy (non-hydrogen) atoms. The van der Waals surface area contributed by atoms with E-state index in [1.807, 2.05) is 0 Å². The van der Waals surface area contributed by atoms with Crippen molar-refractivity contribution in [1.82, 2.24) is 0 Å². The third-order valence-corrected chi connectivity index (χ3v) is 17.3. The van der Waals surface area contributed by atoms with Crippen LogP contribution in [0.5, 0.6) is 0 Å². The van der Waals surface area contributed by atoms with Gasteiger partial charge in [-0.15, -0.1) is 0 Å². The van der Waals surface area contributed by atoms with Gasteiger partial charge in [-0.05, 0) is 44.9 Å². The molecule has 0 saturated heterocycles. The second-order valence-electron chi connectivity index (χ2n) is 25.6. The summed E-state index contributed by atoms with van der Waals surface area (Å²) in [7, 11) is 0. The number of esters is 3. The summed E-state index contributed by atoms with van der Waals surface area (Å²) in [5, 5.41) is 0. The molecule has 0 aromatic heterocycles. The van der Waals surface area contributed by atoms with Crippen molar-refractivity contribution in [2.75, 3.05) is 13.2 Å². The normalized spacial score (nSPS) is 12.0. The van der Waals surface area contributed by atoms with E-state index in [0.29, 0.717) is 19.3 Å². The van der Waals surface area contributed by atoms with Crippen molar-refractivity contribution in [2.24, 2.45) is 0 Å². The van der Waals surface area contributed by atoms with Crippen LogP contribution in [0.2, 0.25) is 0 Å². The van der Waals surface area contributed by atoms with Gasteiger partial charge in [0, 0.05) is 19.3 Å². The van der Waals surface area contributed by atoms with Gasteiger partial charge in [0.25, 0.3) is 0 Å². The lowest BCUT2D eigenvalue weighted by molar-refractivity contribution is -0.167. The maximum absolute atomic E-state index is 12.9. The minimum absolute atomic E-state index is 0.0632. The molecule has 0 aromatic rings. The van der Waals surface area contributed by atoms with Crippen molar-refractivity contribution in [1.29, 1.82) is 0 Å². The smallest absolute Gasteiger partial charge is 0.306 e. The van der Waals surface area contributed by atoms with Gasteiger partial charge in [-0.1, -0.05) is 380 Å². The summed E-state index contributed by atoms with van der Waals surface area (Å²) >= 11 is 0. The number of ether oxygens (including phenoxy) is 3. The highest BCUT2D eigenvalue weighted by Gasteiger charge is 2.20. The number of rotatable bonds is 70. The van der Waals surface area contributed by atoms with Crippen LogP contribution in [0, 0.1) is 0 Å². The minimum atomic E-state index is -0.766. The van der Waals surface area contributed by atoms with Gasteiger partial charge in [0.15, 0.2) is 6.10 Å². The van der Waals surface area contributed by atoms with E-state index in [9.17, 15) is 14.4 Å². The molecule has 1 atom stereocenters. The van der Waals surface area contributed by atoms with Gasteiger partial charge in [-0.25, -0.2) is 0 Å². The van der Waals surface area contributed by atoms with Crippen LogP contribution in [0.25, 0.3) is 0 Å². The highest BCUT2D eigenvalue weighted by molar-refractivity contribution is 5.71. The molecule has 0 aromatic carbocycles. The van der Waals surface area contributed by atoms with Crippen molar-refractivity contribution in [3.05, 3.63) is 12.2 Å². The molecule has 0 heterocycles. The Bertz CT molecular complexity index is 1260. The Labute approximate surface area is 507 Å². The molecular weight excluding hydrogens is 997 g/mol. The van der Waals surface area contributed by atoms with E-state index in [1.165, 1.54) is 334 Å². The van der Waals surface area contributed by atoms with E-state index in [1.54, 1.807) is 0 Å². The molecule has 0 aliphatic carbocycles. The van der Waals surface area contributed by atoms with Crippen LogP contribution in [-0.4, -0.2) is 37.2 Å². The Morgan fingerprint density at radius 2 is 0.407 bits per heavy atom. The topological polar surface area (TPSA) is 78.9 Å². The molecule has 0 saturated carbocycles. The van der Waals surface area contributed by atoms with Crippen LogP contribution >= 0.6 is 0 Å². The molecular formula is C75H144O6. The summed E-state index contributed by atoms with van der Waals surface area (Å²) in [4.78, 5) is 38.4. The second kappa shape index (κ2) is 70.6. The first-order valence-electron chi connectivity index (χ1n) is 37.2. The number of carbonyl (C=O) groups excluding carboxylic acids is 3. The molecule has 0 N–H and O–H groups in total. The van der Waals surface area contributed by atoms with Gasteiger partial charge in [0.1, 0.15) is 13.2 Å². The monoisotopic (exact) mass is 1140 g/mol. The van der Waals surface area contributed by atoms with Crippen LogP contribution in [0.4, 0.5) is 0 Å². The average molecular weight is 1140 g/mol. The fraction of sp³-hybridized carbons (Fsp3) is 0.933. The second-order valence-corrected chi connectivity index (χ2v) is 25.6. The van der Waals surface area contributed by atoms with E-state index in [-0.39, 0.29) is 31.1 Å². The Morgan fingerprint density at radius 1 is 0.235 bits per heavy atom. The van der Waals surface area contributed by atoms with E-state index in [4.69, 9.17) is 14.2 Å². The van der Waals surface area contributed by atoms with Crippen LogP contribution in [0.15, 0.2) is 12.2 Å². The third kappa shape index (κ3) is 68.8. The fourth-order valence-electron chi connectivity index (χ4n) is 11.7. The van der Waals surface area contributed by atoms with Crippen molar-refractivity contribution in [3.63, 3.8) is 0 Å². The van der Waals surface area contributed by atoms with Crippen molar-refractivity contribution >= 4 is 17.9 Å². The lowest BCUT2D eigenvalue weighted by Crippen LogP contribution is -2.30. The molecule has 0 fully saturated rings. The first-order valence-corrected chi connectivity index (χ1v) is 37.2. The molecule has 0 aliphatic heterocycles. The number of carbonyl (C=O) groups is 3. The van der Waals surface area contributed by atoms with Gasteiger partial charge in [-0.2, -0.15) is 0 Å². The van der Waals surface area contributed by atoms with Gasteiger partial charge in [0.2, 0.25) is 0 Å². The Balaban J connectivity index is 4.11. The lowest BCUT2D eigenvalue weighted by atomic mass is 10.0. The summed E-state index contributed by atoms with van der Waals surface area (Å²) in [5.74, 6) is -0.829. The largest absolute Gasteiger partial charge is 0.462 e. The summed E-state index contributed by atoms with van der Waals surface area (Å²) in [6.07, 6.45) is 85.5. The van der Waals surface area contributed by atoms with Crippen LogP contribution < -0.4 is 0 Å². The van der Waals surface area contributed by atoms with E-state index in [2.05, 4.69) is 32.9 Å². The van der Waals surface area contributed by atoms with Crippen molar-refractivity contribution in [3.8, 4) is 0 Å². The van der Waals surface area contributed by atoms with Gasteiger partial charge in [-0.3, -0.25) is 14.4 Å². The van der Waals surface area contributed by atoms with Crippen LogP contribution in [-0.2, 0) is 28.6 Å². The predicted octanol–water partition coefficient (Wildman–Crippen LogP) is 25.6. The number of hydrogen-bond acceptors (Lipinski definition) is 6. The standard InChI is InChI=1S/C75H144O6/c1-4-7-10-13-16-19-22-24-26-28-30-32-34-35-36-37-38-39-41-42-44-46-48-50-53-56-59-62-65-68-74(77)80-71-72(70-79-73(76)67-64-61-58-55-52-21-18-15-12-9-6-3)81-75(78)69-66-63-60-57-54-51-49-47-45-43-40-33-31-29-27-25-23-20-17-14-11-8-5-2/h29,31,72H,4-28,30,32-71H2,1-3H3/b31-29-. The highest BCUT2D eigenvalue weighted by atomic mass is 16.6. The molecule has 1 unspecified atom stereocenters. The molecule has 6 heteroatoms. The van der Waals surface area contributed by atoms with E-state index in [0.717, 1.165) is 57.8 Å². The lowest BCUT2D eigenvalue weighted by Gasteiger charge is -2.18. The van der Waals surface area contributed by atoms with Gasteiger partial charge < -0.3 is 14.2 Å². The quantitative estimate of drug-likeness (QED) is 0.0261. The minimum Gasteiger partial charge on any atom is -0.462 e. The SMILES string of the molecule is CCCCCCCCCC/C=C\CCCCCCCCCCCCCC(=O)OC(COC(=O)CCCCCCCCCCCCC)COC(=O)CCCCCCCCCCCCCCCCCCCCCCCCCCCCCCC. The molecule has 0 rings (SSSR count). The zero-order valence-electron chi connectivity index (χ0n) is 55.4. The Hall–Kier alpha value is -1.85. The third-order valence-electron chi connectivity index (χ3n) is 17.3. The summed E-state index contributed by atoms with van der Waals surface area (Å²) < 4.78 is 17.0. The molecule has 480 valence electrons. The molecule has 0 bridgehead atoms. The maximum Gasteiger partial charge on any atom is 0.306 e. The zero-order chi connectivity index (χ0) is 58.5. The molecule has 0 aliphatic rings. The van der Waals surface area contributed by atoms with E-state index < -0.39 is 6.10 Å². The molecule has 0 amide bonds. The predicted molar refractivity (Wildman–Crippen MR) is 353 cm³/mol. The van der Waals surface area contributed by atoms with Crippen LogP contribution in [0.3, 0.4) is 0 Å². The van der Waals surface area contributed by atoms with Gasteiger partial charge in [0.05, 0.1) is 0 Å². The summed E-state index contributed by atoms with van der Waals surface area (Å²) in [5.41, 5.74) is 0. The maximum atomic E-state index is 12.9. The van der Waals surface area contributed by atoms with Crippen molar-refractivity contribution in [2.45, 2.75) is 438 Å². The molecule has 0 radical (unpaired) electrons. The number of unbranched alkanes of at least 4 members (excludes halogenated alkanes) is 57. The Kier molecular flexibility index (Phi) is 69.0. The Morgan fingerprint density at radius 3 is 0.617 bits per heavy atom. The fourth-order valence-corrected chi connectivity index (χ4v) is 11.7. The average Bonchev–Trinajstić information content (AvgIpc) is 3.47. The molecule has 6 nitrogen and oxygen atoms in total. The first-order chi connectivity index (χ1) is 40.0.